The van der Waals surface area contributed by atoms with Crippen LogP contribution in [-0.4, -0.2) is 15.0 Å². The highest BCUT2D eigenvalue weighted by atomic mass is 19.2. The van der Waals surface area contributed by atoms with Gasteiger partial charge in [0, 0.05) is 27.3 Å². The van der Waals surface area contributed by atoms with Crippen LogP contribution in [0.25, 0.3) is 82.5 Å². The number of rotatable bonds is 4. The first-order chi connectivity index (χ1) is 24.3. The maximum atomic E-state index is 14.2. The summed E-state index contributed by atoms with van der Waals surface area (Å²) in [6.45, 7) is 9.37. The first-order valence-electron chi connectivity index (χ1n) is 15.6. The zero-order valence-electron chi connectivity index (χ0n) is 26.3. The average molecular weight is 654 g/mol. The summed E-state index contributed by atoms with van der Waals surface area (Å²) in [6, 6.07) is 35.4. The standard InChI is InChI=1S/C42H22F3N5/c1-23-18-35-42(50-41(25-12-10-24(22-46)11-13-25)40(49-35)26-14-16-30(47-2)17-15-26)37-31-8-3-4-9-34(31)48-39(36(23)37)28-7-5-6-27(19-28)29-20-32(43)38(45)33(44)21-29/h3-21H,1H3. The Hall–Kier alpha value is -6.90. The third-order valence-corrected chi connectivity index (χ3v) is 8.81. The van der Waals surface area contributed by atoms with E-state index in [0.717, 1.165) is 45.0 Å². The predicted octanol–water partition coefficient (Wildman–Crippen LogP) is 11.1. The van der Waals surface area contributed by atoms with Gasteiger partial charge in [0.1, 0.15) is 0 Å². The molecule has 0 bridgehead atoms. The van der Waals surface area contributed by atoms with E-state index in [0.29, 0.717) is 56.0 Å². The van der Waals surface area contributed by atoms with Gasteiger partial charge in [-0.25, -0.2) is 33.0 Å². The zero-order valence-corrected chi connectivity index (χ0v) is 26.3. The highest BCUT2D eigenvalue weighted by molar-refractivity contribution is 6.22. The molecular formula is C42H22F3N5. The maximum absolute atomic E-state index is 14.2. The Labute approximate surface area is 284 Å². The van der Waals surface area contributed by atoms with Gasteiger partial charge in [-0.1, -0.05) is 72.8 Å². The van der Waals surface area contributed by atoms with Gasteiger partial charge in [-0.2, -0.15) is 5.26 Å². The molecule has 0 radical (unpaired) electrons. The Morgan fingerprint density at radius 2 is 1.24 bits per heavy atom. The number of benzene rings is 6. The van der Waals surface area contributed by atoms with Crippen molar-refractivity contribution in [2.75, 3.05) is 0 Å². The van der Waals surface area contributed by atoms with Gasteiger partial charge >= 0.3 is 0 Å². The van der Waals surface area contributed by atoms with Crippen molar-refractivity contribution >= 4 is 38.4 Å². The molecule has 0 spiro atoms. The summed E-state index contributed by atoms with van der Waals surface area (Å²) in [5, 5.41) is 12.0. The monoisotopic (exact) mass is 653 g/mol. The Morgan fingerprint density at radius 3 is 1.94 bits per heavy atom. The number of nitriles is 1. The molecule has 0 aliphatic heterocycles. The van der Waals surface area contributed by atoms with E-state index in [9.17, 15) is 18.4 Å². The van der Waals surface area contributed by atoms with Gasteiger partial charge in [-0.05, 0) is 71.6 Å². The second-order valence-electron chi connectivity index (χ2n) is 11.9. The molecular weight excluding hydrogens is 631 g/mol. The van der Waals surface area contributed by atoms with Gasteiger partial charge in [-0.15, -0.1) is 0 Å². The Morgan fingerprint density at radius 1 is 0.600 bits per heavy atom. The molecule has 236 valence electrons. The number of hydrogen-bond donors (Lipinski definition) is 0. The van der Waals surface area contributed by atoms with Crippen molar-refractivity contribution in [3.05, 3.63) is 155 Å². The normalized spacial score (nSPS) is 11.2. The summed E-state index contributed by atoms with van der Waals surface area (Å²) in [5.41, 5.74) is 8.75. The van der Waals surface area contributed by atoms with Gasteiger partial charge in [0.2, 0.25) is 0 Å². The molecule has 0 N–H and O–H groups in total. The molecule has 0 fully saturated rings. The number of para-hydroxylation sites is 1. The predicted molar refractivity (Wildman–Crippen MR) is 190 cm³/mol. The second-order valence-corrected chi connectivity index (χ2v) is 11.9. The van der Waals surface area contributed by atoms with E-state index < -0.39 is 17.5 Å². The SMILES string of the molecule is [C-]#[N+]c1ccc(-c2nc3cc(C)c4c(-c5cccc(-c6cc(F)c(F)c(F)c6)c5)nc5ccccc5c4c3nc2-c2ccc(C#N)cc2)cc1. The molecule has 8 aromatic rings. The summed E-state index contributed by atoms with van der Waals surface area (Å²) in [7, 11) is 0. The van der Waals surface area contributed by atoms with E-state index in [-0.39, 0.29) is 5.56 Å². The fourth-order valence-corrected chi connectivity index (χ4v) is 6.43. The molecule has 0 aliphatic carbocycles. The molecule has 8 heteroatoms. The van der Waals surface area contributed by atoms with Crippen molar-refractivity contribution in [2.24, 2.45) is 0 Å². The molecule has 0 saturated carbocycles. The van der Waals surface area contributed by atoms with Crippen molar-refractivity contribution in [3.63, 3.8) is 0 Å². The number of fused-ring (bicyclic) bond motifs is 5. The first kappa shape index (κ1) is 30.4. The second kappa shape index (κ2) is 12.0. The van der Waals surface area contributed by atoms with E-state index in [1.165, 1.54) is 0 Å². The van der Waals surface area contributed by atoms with Crippen LogP contribution in [0.3, 0.4) is 0 Å². The highest BCUT2D eigenvalue weighted by Crippen LogP contribution is 2.41. The van der Waals surface area contributed by atoms with Crippen LogP contribution in [0.15, 0.2) is 115 Å². The molecule has 0 aliphatic rings. The van der Waals surface area contributed by atoms with Gasteiger partial charge in [0.25, 0.3) is 0 Å². The van der Waals surface area contributed by atoms with E-state index in [1.807, 2.05) is 67.6 Å². The van der Waals surface area contributed by atoms with Crippen molar-refractivity contribution in [3.8, 4) is 51.0 Å². The fraction of sp³-hybridized carbons (Fsp3) is 0.0238. The van der Waals surface area contributed by atoms with Gasteiger partial charge in [-0.3, -0.25) is 0 Å². The molecule has 8 rings (SSSR count). The van der Waals surface area contributed by atoms with E-state index in [1.54, 1.807) is 42.5 Å². The topological polar surface area (TPSA) is 66.8 Å². The molecule has 2 heterocycles. The van der Waals surface area contributed by atoms with E-state index in [4.69, 9.17) is 21.5 Å². The maximum Gasteiger partial charge on any atom is 0.194 e. The lowest BCUT2D eigenvalue weighted by atomic mass is 9.93. The summed E-state index contributed by atoms with van der Waals surface area (Å²) in [5.74, 6) is -4.04. The van der Waals surface area contributed by atoms with Crippen LogP contribution in [0.2, 0.25) is 0 Å². The van der Waals surface area contributed by atoms with Gasteiger partial charge in [0.15, 0.2) is 23.1 Å². The van der Waals surface area contributed by atoms with Crippen LogP contribution in [0.5, 0.6) is 0 Å². The van der Waals surface area contributed by atoms with Crippen molar-refractivity contribution in [1.29, 1.82) is 5.26 Å². The Balaban J connectivity index is 1.44. The summed E-state index contributed by atoms with van der Waals surface area (Å²) < 4.78 is 42.3. The van der Waals surface area contributed by atoms with Gasteiger partial charge in [0.05, 0.1) is 51.8 Å². The van der Waals surface area contributed by atoms with E-state index >= 15 is 0 Å². The number of aromatic nitrogens is 3. The smallest absolute Gasteiger partial charge is 0.194 e. The van der Waals surface area contributed by atoms with Crippen LogP contribution in [-0.2, 0) is 0 Å². The van der Waals surface area contributed by atoms with Crippen molar-refractivity contribution in [2.45, 2.75) is 6.92 Å². The average Bonchev–Trinajstić information content (AvgIpc) is 3.16. The summed E-state index contributed by atoms with van der Waals surface area (Å²) >= 11 is 0. The summed E-state index contributed by atoms with van der Waals surface area (Å²) in [6.07, 6.45) is 0. The first-order valence-corrected chi connectivity index (χ1v) is 15.6. The van der Waals surface area contributed by atoms with Gasteiger partial charge < -0.3 is 0 Å². The van der Waals surface area contributed by atoms with Crippen molar-refractivity contribution < 1.29 is 13.2 Å². The minimum Gasteiger partial charge on any atom is -0.247 e. The van der Waals surface area contributed by atoms with Crippen molar-refractivity contribution in [1.82, 2.24) is 15.0 Å². The largest absolute Gasteiger partial charge is 0.247 e. The Bertz CT molecular complexity index is 2740. The third kappa shape index (κ3) is 5.08. The molecule has 0 atom stereocenters. The Kier molecular flexibility index (Phi) is 7.28. The van der Waals surface area contributed by atoms with Crippen LogP contribution in [0, 0.1) is 42.3 Å². The molecule has 0 amide bonds. The van der Waals surface area contributed by atoms with Crippen LogP contribution >= 0.6 is 0 Å². The lowest BCUT2D eigenvalue weighted by Gasteiger charge is -2.17. The van der Waals surface area contributed by atoms with Crippen LogP contribution < -0.4 is 0 Å². The van der Waals surface area contributed by atoms with E-state index in [2.05, 4.69) is 10.9 Å². The number of aryl methyl sites for hydroxylation is 1. The lowest BCUT2D eigenvalue weighted by Crippen LogP contribution is -1.99. The zero-order chi connectivity index (χ0) is 34.5. The molecule has 6 aromatic carbocycles. The molecule has 0 unspecified atom stereocenters. The molecule has 2 aromatic heterocycles. The molecule has 5 nitrogen and oxygen atoms in total. The van der Waals surface area contributed by atoms with Crippen LogP contribution in [0.1, 0.15) is 11.1 Å². The summed E-state index contributed by atoms with van der Waals surface area (Å²) in [4.78, 5) is 19.1. The number of pyridine rings is 1. The molecule has 0 saturated heterocycles. The minimum absolute atomic E-state index is 0.199. The molecule has 50 heavy (non-hydrogen) atoms. The highest BCUT2D eigenvalue weighted by Gasteiger charge is 2.21. The van der Waals surface area contributed by atoms with Crippen LogP contribution in [0.4, 0.5) is 18.9 Å². The third-order valence-electron chi connectivity index (χ3n) is 8.81. The minimum atomic E-state index is -1.51. The quantitative estimate of drug-likeness (QED) is 0.108. The fourth-order valence-electron chi connectivity index (χ4n) is 6.43. The number of halogens is 3. The number of hydrogen-bond acceptors (Lipinski definition) is 4. The lowest BCUT2D eigenvalue weighted by molar-refractivity contribution is 0.448. The number of nitrogens with zero attached hydrogens (tertiary/aromatic N) is 5.